The van der Waals surface area contributed by atoms with Crippen molar-refractivity contribution in [1.82, 2.24) is 0 Å². The highest BCUT2D eigenvalue weighted by molar-refractivity contribution is 6.13. The van der Waals surface area contributed by atoms with Crippen molar-refractivity contribution in [3.63, 3.8) is 0 Å². The van der Waals surface area contributed by atoms with Crippen LogP contribution in [0.25, 0.3) is 55.4 Å². The number of benzene rings is 4. The van der Waals surface area contributed by atoms with Crippen molar-refractivity contribution in [1.29, 1.82) is 0 Å². The molecule has 4 aromatic carbocycles. The summed E-state index contributed by atoms with van der Waals surface area (Å²) in [5.41, 5.74) is 9.07. The molecule has 6 rings (SSSR count). The van der Waals surface area contributed by atoms with Gasteiger partial charge in [-0.3, -0.25) is 0 Å². The van der Waals surface area contributed by atoms with Gasteiger partial charge in [0.2, 0.25) is 5.69 Å². The molecule has 0 fully saturated rings. The van der Waals surface area contributed by atoms with Crippen LogP contribution in [0.3, 0.4) is 0 Å². The number of aromatic nitrogens is 1. The summed E-state index contributed by atoms with van der Waals surface area (Å²) in [6.07, 6.45) is 2.03. The molecule has 35 heavy (non-hydrogen) atoms. The second kappa shape index (κ2) is 8.21. The fourth-order valence-electron chi connectivity index (χ4n) is 5.03. The van der Waals surface area contributed by atoms with E-state index in [1.54, 1.807) is 6.07 Å². The van der Waals surface area contributed by atoms with Gasteiger partial charge in [0.15, 0.2) is 6.20 Å². The van der Waals surface area contributed by atoms with E-state index in [0.29, 0.717) is 11.1 Å². The maximum absolute atomic E-state index is 15.6. The number of fused-ring (bicyclic) bond motifs is 3. The van der Waals surface area contributed by atoms with E-state index >= 15 is 4.39 Å². The lowest BCUT2D eigenvalue weighted by atomic mass is 9.93. The smallest absolute Gasteiger partial charge is 0.216 e. The molecule has 0 atom stereocenters. The Hall–Kier alpha value is -4.24. The highest BCUT2D eigenvalue weighted by Crippen LogP contribution is 2.42. The van der Waals surface area contributed by atoms with Gasteiger partial charge in [0, 0.05) is 22.9 Å². The summed E-state index contributed by atoms with van der Waals surface area (Å²) < 4.78 is 24.2. The molecule has 0 unspecified atom stereocenters. The molecule has 0 aliphatic heterocycles. The van der Waals surface area contributed by atoms with Gasteiger partial charge in [-0.1, -0.05) is 54.6 Å². The molecule has 3 heteroatoms. The average Bonchev–Trinajstić information content (AvgIpc) is 3.24. The molecular weight excluding hydrogens is 433 g/mol. The first-order valence-electron chi connectivity index (χ1n) is 11.8. The predicted molar refractivity (Wildman–Crippen MR) is 141 cm³/mol. The van der Waals surface area contributed by atoms with Crippen LogP contribution in [-0.4, -0.2) is 0 Å². The molecule has 0 N–H and O–H groups in total. The zero-order chi connectivity index (χ0) is 24.1. The molecule has 0 saturated heterocycles. The SMILES string of the molecule is Cc1ccc(-c2ccccc2)cc1-c1c(F)ccc2c1oc1c(-c3cccc[n+]3C)c(C)ccc12. The maximum atomic E-state index is 15.6. The number of furan rings is 1. The molecule has 0 aliphatic carbocycles. The van der Waals surface area contributed by atoms with Gasteiger partial charge >= 0.3 is 0 Å². The molecule has 0 aliphatic rings. The predicted octanol–water partition coefficient (Wildman–Crippen LogP) is 8.17. The first kappa shape index (κ1) is 21.3. The number of rotatable bonds is 3. The Morgan fingerprint density at radius 2 is 1.34 bits per heavy atom. The van der Waals surface area contributed by atoms with Crippen molar-refractivity contribution in [2.24, 2.45) is 7.05 Å². The Balaban J connectivity index is 1.67. The summed E-state index contributed by atoms with van der Waals surface area (Å²) in [6, 6.07) is 30.1. The highest BCUT2D eigenvalue weighted by atomic mass is 19.1. The lowest BCUT2D eigenvalue weighted by Gasteiger charge is -2.11. The van der Waals surface area contributed by atoms with E-state index < -0.39 is 0 Å². The molecule has 2 nitrogen and oxygen atoms in total. The number of hydrogen-bond acceptors (Lipinski definition) is 1. The van der Waals surface area contributed by atoms with Gasteiger partial charge < -0.3 is 4.42 Å². The Morgan fingerprint density at radius 3 is 2.11 bits per heavy atom. The minimum absolute atomic E-state index is 0.284. The Labute approximate surface area is 203 Å². The van der Waals surface area contributed by atoms with Crippen LogP contribution in [0.4, 0.5) is 4.39 Å². The van der Waals surface area contributed by atoms with Gasteiger partial charge in [0.25, 0.3) is 0 Å². The number of halogens is 1. The summed E-state index contributed by atoms with van der Waals surface area (Å²) >= 11 is 0. The second-order valence-electron chi connectivity index (χ2n) is 9.13. The van der Waals surface area contributed by atoms with Gasteiger partial charge in [-0.25, -0.2) is 8.96 Å². The number of hydrogen-bond donors (Lipinski definition) is 0. The second-order valence-corrected chi connectivity index (χ2v) is 9.13. The average molecular weight is 459 g/mol. The lowest BCUT2D eigenvalue weighted by Crippen LogP contribution is -2.30. The largest absolute Gasteiger partial charge is 0.454 e. The van der Waals surface area contributed by atoms with E-state index in [2.05, 4.69) is 60.0 Å². The fraction of sp³-hybridized carbons (Fsp3) is 0.0938. The summed E-state index contributed by atoms with van der Waals surface area (Å²) in [7, 11) is 2.03. The third kappa shape index (κ3) is 3.43. The van der Waals surface area contributed by atoms with Gasteiger partial charge in [-0.15, -0.1) is 0 Å². The van der Waals surface area contributed by atoms with Crippen molar-refractivity contribution < 1.29 is 13.4 Å². The van der Waals surface area contributed by atoms with Crippen LogP contribution < -0.4 is 4.57 Å². The van der Waals surface area contributed by atoms with Gasteiger partial charge in [-0.05, 0) is 65.9 Å². The maximum Gasteiger partial charge on any atom is 0.216 e. The van der Waals surface area contributed by atoms with Crippen LogP contribution in [0.5, 0.6) is 0 Å². The molecule has 170 valence electrons. The number of aryl methyl sites for hydroxylation is 3. The monoisotopic (exact) mass is 458 g/mol. The van der Waals surface area contributed by atoms with Crippen LogP contribution in [0.1, 0.15) is 11.1 Å². The zero-order valence-corrected chi connectivity index (χ0v) is 20.0. The molecule has 0 amide bonds. The van der Waals surface area contributed by atoms with Crippen LogP contribution in [0.2, 0.25) is 0 Å². The molecule has 0 saturated carbocycles. The Bertz CT molecular complexity index is 1730. The Kier molecular flexibility index (Phi) is 5.00. The van der Waals surface area contributed by atoms with Crippen molar-refractivity contribution in [3.05, 3.63) is 114 Å². The van der Waals surface area contributed by atoms with E-state index in [-0.39, 0.29) is 5.82 Å². The minimum atomic E-state index is -0.284. The summed E-state index contributed by atoms with van der Waals surface area (Å²) in [4.78, 5) is 0. The highest BCUT2D eigenvalue weighted by Gasteiger charge is 2.23. The lowest BCUT2D eigenvalue weighted by molar-refractivity contribution is -0.660. The summed E-state index contributed by atoms with van der Waals surface area (Å²) in [5.74, 6) is -0.284. The van der Waals surface area contributed by atoms with Crippen molar-refractivity contribution in [2.45, 2.75) is 13.8 Å². The van der Waals surface area contributed by atoms with E-state index in [1.165, 1.54) is 0 Å². The molecule has 6 aromatic rings. The van der Waals surface area contributed by atoms with Crippen molar-refractivity contribution in [2.75, 3.05) is 0 Å². The van der Waals surface area contributed by atoms with Crippen LogP contribution in [0, 0.1) is 19.7 Å². The summed E-state index contributed by atoms with van der Waals surface area (Å²) in [5, 5.41) is 1.91. The van der Waals surface area contributed by atoms with Crippen molar-refractivity contribution >= 4 is 21.9 Å². The molecule has 2 aromatic heterocycles. The first-order chi connectivity index (χ1) is 17.0. The number of nitrogens with zero attached hydrogens (tertiary/aromatic N) is 1. The molecule has 2 heterocycles. The van der Waals surface area contributed by atoms with E-state index in [9.17, 15) is 0 Å². The topological polar surface area (TPSA) is 17.0 Å². The summed E-state index contributed by atoms with van der Waals surface area (Å²) in [6.45, 7) is 4.11. The third-order valence-electron chi connectivity index (χ3n) is 6.89. The van der Waals surface area contributed by atoms with Crippen LogP contribution >= 0.6 is 0 Å². The quantitative estimate of drug-likeness (QED) is 0.244. The molecule has 0 radical (unpaired) electrons. The minimum Gasteiger partial charge on any atom is -0.454 e. The standard InChI is InChI=1S/C32H25FNO/c1-20-12-14-23(22-9-5-4-6-10-22)19-26(20)30-27(33)17-16-25-24-15-13-21(2)29(31(24)35-32(25)30)28-11-7-8-18-34(28)3/h4-19H,1-3H3/q+1. The fourth-order valence-corrected chi connectivity index (χ4v) is 5.03. The van der Waals surface area contributed by atoms with Gasteiger partial charge in [-0.2, -0.15) is 0 Å². The third-order valence-corrected chi connectivity index (χ3v) is 6.89. The molecule has 0 spiro atoms. The van der Waals surface area contributed by atoms with Crippen molar-refractivity contribution in [3.8, 4) is 33.5 Å². The first-order valence-corrected chi connectivity index (χ1v) is 11.8. The number of pyridine rings is 1. The van der Waals surface area contributed by atoms with E-state index in [4.69, 9.17) is 4.42 Å². The van der Waals surface area contributed by atoms with E-state index in [1.807, 2.05) is 56.6 Å². The zero-order valence-electron chi connectivity index (χ0n) is 20.0. The van der Waals surface area contributed by atoms with Crippen LogP contribution in [-0.2, 0) is 7.05 Å². The normalized spacial score (nSPS) is 11.4. The van der Waals surface area contributed by atoms with Gasteiger partial charge in [0.05, 0.1) is 11.1 Å². The molecule has 0 bridgehead atoms. The van der Waals surface area contributed by atoms with Gasteiger partial charge in [0.1, 0.15) is 24.0 Å². The van der Waals surface area contributed by atoms with E-state index in [0.717, 1.165) is 55.4 Å². The molecular formula is C32H25FNO+. The van der Waals surface area contributed by atoms with Crippen LogP contribution in [0.15, 0.2) is 102 Å². The Morgan fingerprint density at radius 1 is 0.657 bits per heavy atom.